The van der Waals surface area contributed by atoms with E-state index in [-0.39, 0.29) is 23.9 Å². The highest BCUT2D eigenvalue weighted by molar-refractivity contribution is 5.79. The third kappa shape index (κ3) is 2.34. The predicted octanol–water partition coefficient (Wildman–Crippen LogP) is 1.33. The van der Waals surface area contributed by atoms with Gasteiger partial charge in [-0.25, -0.2) is 8.78 Å². The number of carbonyl (C=O) groups is 1. The van der Waals surface area contributed by atoms with Gasteiger partial charge in [0.2, 0.25) is 5.91 Å². The van der Waals surface area contributed by atoms with Gasteiger partial charge in [0.1, 0.15) is 11.6 Å². The second-order valence-corrected chi connectivity index (χ2v) is 5.27. The van der Waals surface area contributed by atoms with E-state index in [9.17, 15) is 13.6 Å². The lowest BCUT2D eigenvalue weighted by atomic mass is 10.0. The number of nitrogens with zero attached hydrogens (tertiary/aromatic N) is 1. The monoisotopic (exact) mass is 266 g/mol. The Balaban J connectivity index is 1.71. The molecule has 0 aliphatic carbocycles. The number of rotatable bonds is 2. The van der Waals surface area contributed by atoms with Crippen molar-refractivity contribution in [3.63, 3.8) is 0 Å². The van der Waals surface area contributed by atoms with Crippen LogP contribution in [-0.4, -0.2) is 36.5 Å². The van der Waals surface area contributed by atoms with Crippen molar-refractivity contribution in [2.45, 2.75) is 18.9 Å². The van der Waals surface area contributed by atoms with Crippen LogP contribution in [0.3, 0.4) is 0 Å². The molecule has 0 unspecified atom stereocenters. The Morgan fingerprint density at radius 3 is 3.00 bits per heavy atom. The van der Waals surface area contributed by atoms with Crippen LogP contribution >= 0.6 is 0 Å². The van der Waals surface area contributed by atoms with E-state index in [0.29, 0.717) is 5.92 Å². The molecular weight excluding hydrogens is 250 g/mol. The fraction of sp³-hybridized carbons (Fsp3) is 0.500. The van der Waals surface area contributed by atoms with Gasteiger partial charge in [-0.05, 0) is 24.0 Å². The zero-order valence-corrected chi connectivity index (χ0v) is 10.5. The smallest absolute Gasteiger partial charge is 0.227 e. The number of hydrogen-bond donors (Lipinski definition) is 1. The first kappa shape index (κ1) is 12.5. The summed E-state index contributed by atoms with van der Waals surface area (Å²) in [5.74, 6) is -0.799. The van der Waals surface area contributed by atoms with E-state index < -0.39 is 11.6 Å². The SMILES string of the molecule is O=C(Cc1ccc(F)cc1F)N1CC[C@H]2CNC[C@H]21. The molecule has 2 saturated heterocycles. The molecule has 2 aliphatic rings. The van der Waals surface area contributed by atoms with Crippen LogP contribution in [0.5, 0.6) is 0 Å². The molecule has 19 heavy (non-hydrogen) atoms. The molecule has 2 fully saturated rings. The second kappa shape index (κ2) is 4.89. The molecule has 5 heteroatoms. The van der Waals surface area contributed by atoms with Crippen LogP contribution in [0.25, 0.3) is 0 Å². The summed E-state index contributed by atoms with van der Waals surface area (Å²) < 4.78 is 26.4. The van der Waals surface area contributed by atoms with Gasteiger partial charge in [0, 0.05) is 31.7 Å². The zero-order valence-electron chi connectivity index (χ0n) is 10.5. The zero-order chi connectivity index (χ0) is 13.4. The highest BCUT2D eigenvalue weighted by Crippen LogP contribution is 2.27. The van der Waals surface area contributed by atoms with Gasteiger partial charge < -0.3 is 10.2 Å². The molecule has 1 amide bonds. The molecule has 1 aromatic carbocycles. The standard InChI is InChI=1S/C14H16F2N2O/c15-11-2-1-9(12(16)6-11)5-14(19)18-4-3-10-7-17-8-13(10)18/h1-2,6,10,13,17H,3-5,7-8H2/t10-,13+/m0/s1. The summed E-state index contributed by atoms with van der Waals surface area (Å²) in [6.45, 7) is 2.53. The van der Waals surface area contributed by atoms with Crippen molar-refractivity contribution >= 4 is 5.91 Å². The fourth-order valence-corrected chi connectivity index (χ4v) is 3.09. The lowest BCUT2D eigenvalue weighted by Crippen LogP contribution is -2.40. The molecule has 2 heterocycles. The summed E-state index contributed by atoms with van der Waals surface area (Å²) >= 11 is 0. The average Bonchev–Trinajstić information content (AvgIpc) is 2.94. The summed E-state index contributed by atoms with van der Waals surface area (Å²) in [7, 11) is 0. The lowest BCUT2D eigenvalue weighted by Gasteiger charge is -2.23. The molecule has 1 N–H and O–H groups in total. The van der Waals surface area contributed by atoms with Gasteiger partial charge in [0.15, 0.2) is 0 Å². The molecule has 2 aliphatic heterocycles. The molecule has 0 radical (unpaired) electrons. The minimum Gasteiger partial charge on any atom is -0.338 e. The summed E-state index contributed by atoms with van der Waals surface area (Å²) in [6.07, 6.45) is 1.02. The van der Waals surface area contributed by atoms with E-state index >= 15 is 0 Å². The number of carbonyl (C=O) groups excluding carboxylic acids is 1. The van der Waals surface area contributed by atoms with Crippen molar-refractivity contribution < 1.29 is 13.6 Å². The van der Waals surface area contributed by atoms with Crippen molar-refractivity contribution in [1.82, 2.24) is 10.2 Å². The third-order valence-electron chi connectivity index (χ3n) is 4.12. The molecule has 0 aromatic heterocycles. The molecule has 0 spiro atoms. The Morgan fingerprint density at radius 2 is 2.21 bits per heavy atom. The van der Waals surface area contributed by atoms with Crippen molar-refractivity contribution in [1.29, 1.82) is 0 Å². The van der Waals surface area contributed by atoms with E-state index in [1.807, 2.05) is 4.90 Å². The lowest BCUT2D eigenvalue weighted by molar-refractivity contribution is -0.131. The molecule has 0 bridgehead atoms. The maximum absolute atomic E-state index is 13.5. The number of fused-ring (bicyclic) bond motifs is 1. The van der Waals surface area contributed by atoms with Gasteiger partial charge in [-0.3, -0.25) is 4.79 Å². The Labute approximate surface area is 110 Å². The van der Waals surface area contributed by atoms with Gasteiger partial charge in [-0.2, -0.15) is 0 Å². The van der Waals surface area contributed by atoms with Crippen molar-refractivity contribution in [2.75, 3.05) is 19.6 Å². The van der Waals surface area contributed by atoms with Crippen molar-refractivity contribution in [2.24, 2.45) is 5.92 Å². The Kier molecular flexibility index (Phi) is 3.22. The first-order valence-electron chi connectivity index (χ1n) is 6.59. The first-order chi connectivity index (χ1) is 9.15. The van der Waals surface area contributed by atoms with E-state index in [2.05, 4.69) is 5.32 Å². The maximum atomic E-state index is 13.5. The van der Waals surface area contributed by atoms with Crippen LogP contribution in [0, 0.1) is 17.6 Å². The van der Waals surface area contributed by atoms with Gasteiger partial charge >= 0.3 is 0 Å². The molecule has 102 valence electrons. The van der Waals surface area contributed by atoms with Crippen LogP contribution in [-0.2, 0) is 11.2 Å². The highest BCUT2D eigenvalue weighted by atomic mass is 19.1. The van der Waals surface area contributed by atoms with Crippen LogP contribution in [0.4, 0.5) is 8.78 Å². The minimum absolute atomic E-state index is 0.00926. The summed E-state index contributed by atoms with van der Waals surface area (Å²) in [4.78, 5) is 14.1. The number of amides is 1. The number of nitrogens with one attached hydrogen (secondary N) is 1. The van der Waals surface area contributed by atoms with E-state index in [1.165, 1.54) is 12.1 Å². The van der Waals surface area contributed by atoms with Crippen LogP contribution in [0.15, 0.2) is 18.2 Å². The largest absolute Gasteiger partial charge is 0.338 e. The molecular formula is C14H16F2N2O. The van der Waals surface area contributed by atoms with Crippen molar-refractivity contribution in [3.8, 4) is 0 Å². The summed E-state index contributed by atoms with van der Waals surface area (Å²) in [5, 5.41) is 3.27. The molecule has 3 rings (SSSR count). The van der Waals surface area contributed by atoms with Crippen LogP contribution in [0.2, 0.25) is 0 Å². The Bertz CT molecular complexity index is 506. The molecule has 1 aromatic rings. The third-order valence-corrected chi connectivity index (χ3v) is 4.12. The quantitative estimate of drug-likeness (QED) is 0.876. The molecule has 2 atom stereocenters. The van der Waals surface area contributed by atoms with Gasteiger partial charge in [-0.1, -0.05) is 6.07 Å². The van der Waals surface area contributed by atoms with Crippen LogP contribution in [0.1, 0.15) is 12.0 Å². The highest BCUT2D eigenvalue weighted by Gasteiger charge is 2.39. The number of likely N-dealkylation sites (tertiary alicyclic amines) is 1. The van der Waals surface area contributed by atoms with Crippen LogP contribution < -0.4 is 5.32 Å². The topological polar surface area (TPSA) is 32.3 Å². The molecule has 3 nitrogen and oxygen atoms in total. The number of benzene rings is 1. The van der Waals surface area contributed by atoms with E-state index in [1.54, 1.807) is 0 Å². The number of halogens is 2. The summed E-state index contributed by atoms with van der Waals surface area (Å²) in [6, 6.07) is 3.61. The minimum atomic E-state index is -0.645. The van der Waals surface area contributed by atoms with Gasteiger partial charge in [-0.15, -0.1) is 0 Å². The average molecular weight is 266 g/mol. The van der Waals surface area contributed by atoms with Gasteiger partial charge in [0.25, 0.3) is 0 Å². The normalized spacial score (nSPS) is 25.7. The Morgan fingerprint density at radius 1 is 1.37 bits per heavy atom. The van der Waals surface area contributed by atoms with E-state index in [0.717, 1.165) is 32.1 Å². The second-order valence-electron chi connectivity index (χ2n) is 5.27. The molecule has 0 saturated carbocycles. The summed E-state index contributed by atoms with van der Waals surface area (Å²) in [5.41, 5.74) is 0.265. The Hall–Kier alpha value is -1.49. The van der Waals surface area contributed by atoms with Gasteiger partial charge in [0.05, 0.1) is 6.42 Å². The predicted molar refractivity (Wildman–Crippen MR) is 66.5 cm³/mol. The van der Waals surface area contributed by atoms with E-state index in [4.69, 9.17) is 0 Å². The maximum Gasteiger partial charge on any atom is 0.227 e. The van der Waals surface area contributed by atoms with Crippen molar-refractivity contribution in [3.05, 3.63) is 35.4 Å². The fourth-order valence-electron chi connectivity index (χ4n) is 3.09. The first-order valence-corrected chi connectivity index (χ1v) is 6.59. The number of hydrogen-bond acceptors (Lipinski definition) is 2.